The topological polar surface area (TPSA) is 75.5 Å². The van der Waals surface area contributed by atoms with Crippen LogP contribution in [-0.2, 0) is 16.0 Å². The number of nitrogens with zero attached hydrogens (tertiary/aromatic N) is 4. The highest BCUT2D eigenvalue weighted by Crippen LogP contribution is 2.29. The predicted molar refractivity (Wildman–Crippen MR) is 113 cm³/mol. The first-order valence-corrected chi connectivity index (χ1v) is 11.3. The maximum atomic E-state index is 13.2. The summed E-state index contributed by atoms with van der Waals surface area (Å²) < 4.78 is 1.77. The Kier molecular flexibility index (Phi) is 5.46. The zero-order chi connectivity index (χ0) is 20.7. The van der Waals surface area contributed by atoms with Gasteiger partial charge in [-0.2, -0.15) is 0 Å². The van der Waals surface area contributed by atoms with Gasteiger partial charge in [-0.25, -0.2) is 4.98 Å². The molecule has 8 heteroatoms. The predicted octanol–water partition coefficient (Wildman–Crippen LogP) is 2.50. The molecule has 0 saturated carbocycles. The molecule has 2 aliphatic rings. The van der Waals surface area contributed by atoms with Crippen LogP contribution in [0.1, 0.15) is 56.0 Å². The Morgan fingerprint density at radius 1 is 1.28 bits per heavy atom. The second-order valence-corrected chi connectivity index (χ2v) is 9.25. The number of hydrogen-bond acceptors (Lipinski definition) is 5. The van der Waals surface area contributed by atoms with E-state index in [1.165, 1.54) is 0 Å². The molecule has 0 N–H and O–H groups in total. The van der Waals surface area contributed by atoms with Gasteiger partial charge >= 0.3 is 0 Å². The Hall–Kier alpha value is -2.22. The van der Waals surface area contributed by atoms with Gasteiger partial charge in [-0.3, -0.25) is 19.0 Å². The summed E-state index contributed by atoms with van der Waals surface area (Å²) in [5, 5.41) is 0.761. The number of aryl methyl sites for hydroxylation is 2. The monoisotopic (exact) mass is 416 g/mol. The average molecular weight is 417 g/mol. The van der Waals surface area contributed by atoms with E-state index in [1.807, 2.05) is 18.7 Å². The van der Waals surface area contributed by atoms with Crippen LogP contribution in [0.15, 0.2) is 11.1 Å². The molecule has 2 aromatic rings. The number of hydrogen-bond donors (Lipinski definition) is 0. The van der Waals surface area contributed by atoms with Crippen molar-refractivity contribution in [2.75, 3.05) is 19.6 Å². The summed E-state index contributed by atoms with van der Waals surface area (Å²) >= 11 is 1.58. The molecule has 0 aliphatic carbocycles. The molecule has 0 aromatic carbocycles. The van der Waals surface area contributed by atoms with E-state index in [0.29, 0.717) is 26.1 Å². The minimum atomic E-state index is -0.400. The Balaban J connectivity index is 1.48. The van der Waals surface area contributed by atoms with Gasteiger partial charge in [0.1, 0.15) is 10.9 Å². The van der Waals surface area contributed by atoms with Crippen LogP contribution in [0.25, 0.3) is 10.2 Å². The fraction of sp³-hybridized carbons (Fsp3) is 0.619. The maximum Gasteiger partial charge on any atom is 0.262 e. The molecular formula is C21H28N4O3S. The van der Waals surface area contributed by atoms with Gasteiger partial charge in [-0.05, 0) is 45.1 Å². The van der Waals surface area contributed by atoms with Gasteiger partial charge in [0.25, 0.3) is 5.56 Å². The standard InChI is InChI=1S/C21H28N4O3S/c1-4-16-14(3)29-19-18(16)21(28)25(12-22-19)15-7-10-23(11-8-15)20(27)13(2)24-9-5-6-17(24)26/h12-13,15H,4-11H2,1-3H3/t13-/m0/s1. The van der Waals surface area contributed by atoms with E-state index in [9.17, 15) is 14.4 Å². The molecular weight excluding hydrogens is 388 g/mol. The highest BCUT2D eigenvalue weighted by atomic mass is 32.1. The molecule has 156 valence electrons. The van der Waals surface area contributed by atoms with Gasteiger partial charge in [-0.15, -0.1) is 11.3 Å². The highest BCUT2D eigenvalue weighted by Gasteiger charge is 2.34. The van der Waals surface area contributed by atoms with Crippen molar-refractivity contribution >= 4 is 33.4 Å². The number of rotatable bonds is 4. The van der Waals surface area contributed by atoms with E-state index >= 15 is 0 Å². The molecule has 2 fully saturated rings. The number of likely N-dealkylation sites (tertiary alicyclic amines) is 2. The van der Waals surface area contributed by atoms with Crippen LogP contribution < -0.4 is 5.56 Å². The summed E-state index contributed by atoms with van der Waals surface area (Å²) in [6.07, 6.45) is 5.33. The van der Waals surface area contributed by atoms with Crippen molar-refractivity contribution in [3.8, 4) is 0 Å². The van der Waals surface area contributed by atoms with Crippen molar-refractivity contribution < 1.29 is 9.59 Å². The van der Waals surface area contributed by atoms with Gasteiger partial charge < -0.3 is 9.80 Å². The number of amides is 2. The lowest BCUT2D eigenvalue weighted by molar-refractivity contribution is -0.143. The van der Waals surface area contributed by atoms with Crippen LogP contribution in [0, 0.1) is 6.92 Å². The molecule has 2 saturated heterocycles. The minimum absolute atomic E-state index is 0.0151. The first-order chi connectivity index (χ1) is 13.9. The first-order valence-electron chi connectivity index (χ1n) is 10.5. The quantitative estimate of drug-likeness (QED) is 0.767. The third kappa shape index (κ3) is 3.47. The van der Waals surface area contributed by atoms with Gasteiger partial charge in [-0.1, -0.05) is 6.92 Å². The molecule has 2 amide bonds. The van der Waals surface area contributed by atoms with Gasteiger partial charge in [0.15, 0.2) is 0 Å². The van der Waals surface area contributed by atoms with E-state index in [1.54, 1.807) is 27.1 Å². The largest absolute Gasteiger partial charge is 0.341 e. The van der Waals surface area contributed by atoms with E-state index in [4.69, 9.17) is 0 Å². The van der Waals surface area contributed by atoms with Crippen molar-refractivity contribution in [2.45, 2.75) is 65.0 Å². The zero-order valence-corrected chi connectivity index (χ0v) is 18.1. The molecule has 0 spiro atoms. The smallest absolute Gasteiger partial charge is 0.262 e. The number of fused-ring (bicyclic) bond motifs is 1. The lowest BCUT2D eigenvalue weighted by Crippen LogP contribution is -2.50. The fourth-order valence-electron chi connectivity index (χ4n) is 4.70. The SMILES string of the molecule is CCc1c(C)sc2ncn(C3CCN(C(=O)[C@H](C)N4CCCC4=O)CC3)c(=O)c12. The number of thiophene rings is 1. The van der Waals surface area contributed by atoms with Crippen LogP contribution in [0.4, 0.5) is 0 Å². The summed E-state index contributed by atoms with van der Waals surface area (Å²) in [6.45, 7) is 7.81. The van der Waals surface area contributed by atoms with Gasteiger partial charge in [0.2, 0.25) is 11.8 Å². The average Bonchev–Trinajstić information content (AvgIpc) is 3.29. The van der Waals surface area contributed by atoms with Crippen LogP contribution >= 0.6 is 11.3 Å². The van der Waals surface area contributed by atoms with E-state index < -0.39 is 6.04 Å². The van der Waals surface area contributed by atoms with Crippen molar-refractivity contribution in [3.05, 3.63) is 27.1 Å². The number of carbonyl (C=O) groups is 2. The van der Waals surface area contributed by atoms with Crippen molar-refractivity contribution in [3.63, 3.8) is 0 Å². The molecule has 4 heterocycles. The lowest BCUT2D eigenvalue weighted by Gasteiger charge is -2.36. The molecule has 0 unspecified atom stereocenters. The molecule has 2 aliphatic heterocycles. The summed E-state index contributed by atoms with van der Waals surface area (Å²) in [5.41, 5.74) is 1.14. The van der Waals surface area contributed by atoms with E-state index in [0.717, 1.165) is 46.3 Å². The fourth-order valence-corrected chi connectivity index (χ4v) is 5.77. The van der Waals surface area contributed by atoms with Gasteiger partial charge in [0.05, 0.1) is 11.7 Å². The third-order valence-electron chi connectivity index (χ3n) is 6.40. The van der Waals surface area contributed by atoms with Crippen molar-refractivity contribution in [1.29, 1.82) is 0 Å². The van der Waals surface area contributed by atoms with E-state index in [-0.39, 0.29) is 23.4 Å². The molecule has 1 atom stereocenters. The molecule has 0 radical (unpaired) electrons. The summed E-state index contributed by atoms with van der Waals surface area (Å²) in [4.78, 5) is 48.0. The summed E-state index contributed by atoms with van der Waals surface area (Å²) in [7, 11) is 0. The van der Waals surface area contributed by atoms with Crippen LogP contribution in [0.2, 0.25) is 0 Å². The minimum Gasteiger partial charge on any atom is -0.341 e. The summed E-state index contributed by atoms with van der Waals surface area (Å²) in [6, 6.07) is -0.347. The second kappa shape index (κ2) is 7.89. The normalized spacial score (nSPS) is 19.3. The maximum absolute atomic E-state index is 13.2. The van der Waals surface area contributed by atoms with Crippen molar-refractivity contribution in [1.82, 2.24) is 19.4 Å². The zero-order valence-electron chi connectivity index (χ0n) is 17.3. The second-order valence-electron chi connectivity index (χ2n) is 8.05. The molecule has 0 bridgehead atoms. The Labute approximate surface area is 174 Å². The molecule has 2 aromatic heterocycles. The third-order valence-corrected chi connectivity index (χ3v) is 7.45. The number of aromatic nitrogens is 2. The van der Waals surface area contributed by atoms with Crippen LogP contribution in [0.3, 0.4) is 0 Å². The highest BCUT2D eigenvalue weighted by molar-refractivity contribution is 7.18. The molecule has 7 nitrogen and oxygen atoms in total. The Bertz CT molecular complexity index is 1000. The lowest BCUT2D eigenvalue weighted by atomic mass is 10.0. The van der Waals surface area contributed by atoms with E-state index in [2.05, 4.69) is 11.9 Å². The Morgan fingerprint density at radius 3 is 2.62 bits per heavy atom. The molecule has 29 heavy (non-hydrogen) atoms. The van der Waals surface area contributed by atoms with Crippen LogP contribution in [-0.4, -0.2) is 56.8 Å². The number of carbonyl (C=O) groups excluding carboxylic acids is 2. The summed E-state index contributed by atoms with van der Waals surface area (Å²) in [5.74, 6) is 0.0887. The number of piperidine rings is 1. The van der Waals surface area contributed by atoms with Gasteiger partial charge in [0, 0.05) is 37.0 Å². The van der Waals surface area contributed by atoms with Crippen LogP contribution in [0.5, 0.6) is 0 Å². The molecule has 4 rings (SSSR count). The van der Waals surface area contributed by atoms with Crippen molar-refractivity contribution in [2.24, 2.45) is 0 Å². The Morgan fingerprint density at radius 2 is 2.00 bits per heavy atom. The first kappa shape index (κ1) is 20.1.